The standard InChI is InChI=1S/C17H23FN2O2/c18-15-7-6-13(17(19)21)14-9-12(10-22-16(14)15)20-8-2-5-11-3-1-4-11/h6-7,11-12,20H,1-5,8-10H2,(H2,19,21)/t12-/m1/s1. The zero-order valence-corrected chi connectivity index (χ0v) is 12.7. The van der Waals surface area contributed by atoms with Crippen molar-refractivity contribution in [3.63, 3.8) is 0 Å². The number of carbonyl (C=O) groups is 1. The maximum absolute atomic E-state index is 13.8. The Bertz CT molecular complexity index is 558. The van der Waals surface area contributed by atoms with E-state index in [2.05, 4.69) is 5.32 Å². The summed E-state index contributed by atoms with van der Waals surface area (Å²) < 4.78 is 19.3. The van der Waals surface area contributed by atoms with Gasteiger partial charge in [0.25, 0.3) is 0 Å². The number of nitrogens with two attached hydrogens (primary N) is 1. The highest BCUT2D eigenvalue weighted by atomic mass is 19.1. The lowest BCUT2D eigenvalue weighted by atomic mass is 9.82. The van der Waals surface area contributed by atoms with Gasteiger partial charge >= 0.3 is 0 Å². The number of amides is 1. The number of halogens is 1. The van der Waals surface area contributed by atoms with E-state index in [9.17, 15) is 9.18 Å². The van der Waals surface area contributed by atoms with E-state index >= 15 is 0 Å². The maximum Gasteiger partial charge on any atom is 0.249 e. The van der Waals surface area contributed by atoms with Crippen molar-refractivity contribution in [2.45, 2.75) is 44.6 Å². The smallest absolute Gasteiger partial charge is 0.249 e. The first-order valence-electron chi connectivity index (χ1n) is 8.12. The van der Waals surface area contributed by atoms with Crippen LogP contribution in [0.4, 0.5) is 4.39 Å². The summed E-state index contributed by atoms with van der Waals surface area (Å²) in [6.07, 6.45) is 7.14. The highest BCUT2D eigenvalue weighted by molar-refractivity contribution is 5.95. The van der Waals surface area contributed by atoms with Gasteiger partial charge in [-0.05, 0) is 43.9 Å². The maximum atomic E-state index is 13.8. The minimum Gasteiger partial charge on any atom is -0.489 e. The second-order valence-corrected chi connectivity index (χ2v) is 6.37. The Hall–Kier alpha value is -1.62. The van der Waals surface area contributed by atoms with Crippen LogP contribution in [0, 0.1) is 11.7 Å². The van der Waals surface area contributed by atoms with Gasteiger partial charge in [-0.3, -0.25) is 4.79 Å². The molecule has 0 bridgehead atoms. The van der Waals surface area contributed by atoms with E-state index in [0.717, 1.165) is 18.9 Å². The van der Waals surface area contributed by atoms with Crippen LogP contribution >= 0.6 is 0 Å². The fourth-order valence-corrected chi connectivity index (χ4v) is 3.29. The molecule has 1 fully saturated rings. The van der Waals surface area contributed by atoms with Crippen molar-refractivity contribution in [3.8, 4) is 5.75 Å². The van der Waals surface area contributed by atoms with E-state index in [1.807, 2.05) is 0 Å². The molecule has 0 unspecified atom stereocenters. The lowest BCUT2D eigenvalue weighted by Crippen LogP contribution is -2.41. The Morgan fingerprint density at radius 2 is 2.23 bits per heavy atom. The fraction of sp³-hybridized carbons (Fsp3) is 0.588. The van der Waals surface area contributed by atoms with Crippen molar-refractivity contribution in [2.75, 3.05) is 13.2 Å². The molecule has 0 spiro atoms. The lowest BCUT2D eigenvalue weighted by molar-refractivity contribution is 0.0997. The Kier molecular flexibility index (Phi) is 4.62. The van der Waals surface area contributed by atoms with Gasteiger partial charge in [0.1, 0.15) is 6.61 Å². The minimum atomic E-state index is -0.537. The molecule has 1 heterocycles. The molecule has 1 aromatic rings. The van der Waals surface area contributed by atoms with Crippen LogP contribution in [0.1, 0.15) is 48.0 Å². The predicted octanol–water partition coefficient (Wildman–Crippen LogP) is 2.40. The van der Waals surface area contributed by atoms with E-state index in [-0.39, 0.29) is 11.8 Å². The van der Waals surface area contributed by atoms with Gasteiger partial charge in [0.15, 0.2) is 11.6 Å². The number of carbonyl (C=O) groups excluding carboxylic acids is 1. The van der Waals surface area contributed by atoms with Crippen LogP contribution < -0.4 is 15.8 Å². The first kappa shape index (κ1) is 15.3. The van der Waals surface area contributed by atoms with Gasteiger partial charge in [-0.25, -0.2) is 4.39 Å². The van der Waals surface area contributed by atoms with Crippen molar-refractivity contribution < 1.29 is 13.9 Å². The molecule has 2 aliphatic rings. The summed E-state index contributed by atoms with van der Waals surface area (Å²) >= 11 is 0. The molecule has 1 saturated carbocycles. The SMILES string of the molecule is NC(=O)c1ccc(F)c2c1C[C@@H](NCCCC1CCC1)CO2. The summed E-state index contributed by atoms with van der Waals surface area (Å²) in [6.45, 7) is 1.36. The number of hydrogen-bond donors (Lipinski definition) is 2. The fourth-order valence-electron chi connectivity index (χ4n) is 3.29. The molecule has 5 heteroatoms. The van der Waals surface area contributed by atoms with E-state index < -0.39 is 11.7 Å². The number of rotatable bonds is 6. The van der Waals surface area contributed by atoms with Crippen LogP contribution in [0.2, 0.25) is 0 Å². The zero-order chi connectivity index (χ0) is 15.5. The molecule has 0 aromatic heterocycles. The lowest BCUT2D eigenvalue weighted by Gasteiger charge is -2.28. The molecule has 1 aromatic carbocycles. The van der Waals surface area contributed by atoms with E-state index in [1.165, 1.54) is 37.8 Å². The topological polar surface area (TPSA) is 64.4 Å². The molecule has 1 amide bonds. The van der Waals surface area contributed by atoms with Crippen LogP contribution in [-0.4, -0.2) is 25.1 Å². The van der Waals surface area contributed by atoms with Crippen molar-refractivity contribution >= 4 is 5.91 Å². The van der Waals surface area contributed by atoms with Crippen LogP contribution in [-0.2, 0) is 6.42 Å². The second-order valence-electron chi connectivity index (χ2n) is 6.37. The van der Waals surface area contributed by atoms with Gasteiger partial charge in [0, 0.05) is 17.2 Å². The monoisotopic (exact) mass is 306 g/mol. The summed E-state index contributed by atoms with van der Waals surface area (Å²) in [5.74, 6) is 0.137. The third-order valence-electron chi connectivity index (χ3n) is 4.80. The summed E-state index contributed by atoms with van der Waals surface area (Å²) in [6, 6.07) is 2.79. The Morgan fingerprint density at radius 1 is 1.41 bits per heavy atom. The Balaban J connectivity index is 1.57. The van der Waals surface area contributed by atoms with Crippen LogP contribution in [0.15, 0.2) is 12.1 Å². The minimum absolute atomic E-state index is 0.105. The number of ether oxygens (including phenoxy) is 1. The van der Waals surface area contributed by atoms with Gasteiger partial charge in [-0.15, -0.1) is 0 Å². The first-order valence-corrected chi connectivity index (χ1v) is 8.12. The third kappa shape index (κ3) is 3.24. The van der Waals surface area contributed by atoms with Gasteiger partial charge < -0.3 is 15.8 Å². The Morgan fingerprint density at radius 3 is 2.91 bits per heavy atom. The predicted molar refractivity (Wildman–Crippen MR) is 82.5 cm³/mol. The van der Waals surface area contributed by atoms with Crippen LogP contribution in [0.3, 0.4) is 0 Å². The molecule has 1 aliphatic heterocycles. The average molecular weight is 306 g/mol. The third-order valence-corrected chi connectivity index (χ3v) is 4.80. The van der Waals surface area contributed by atoms with Crippen LogP contribution in [0.5, 0.6) is 5.75 Å². The van der Waals surface area contributed by atoms with Gasteiger partial charge in [-0.2, -0.15) is 0 Å². The molecule has 22 heavy (non-hydrogen) atoms. The van der Waals surface area contributed by atoms with Gasteiger partial charge in [0.2, 0.25) is 5.91 Å². The molecule has 1 aliphatic carbocycles. The number of primary amides is 1. The Labute approximate surface area is 130 Å². The highest BCUT2D eigenvalue weighted by Gasteiger charge is 2.26. The quantitative estimate of drug-likeness (QED) is 0.793. The molecule has 4 nitrogen and oxygen atoms in total. The summed E-state index contributed by atoms with van der Waals surface area (Å²) in [4.78, 5) is 11.5. The van der Waals surface area contributed by atoms with Crippen molar-refractivity contribution in [1.29, 1.82) is 0 Å². The normalized spacial score (nSPS) is 20.9. The average Bonchev–Trinajstić information content (AvgIpc) is 2.45. The largest absolute Gasteiger partial charge is 0.489 e. The van der Waals surface area contributed by atoms with Gasteiger partial charge in [-0.1, -0.05) is 19.3 Å². The van der Waals surface area contributed by atoms with Crippen molar-refractivity contribution in [1.82, 2.24) is 5.32 Å². The molecule has 0 radical (unpaired) electrons. The van der Waals surface area contributed by atoms with Crippen molar-refractivity contribution in [2.24, 2.45) is 11.7 Å². The number of hydrogen-bond acceptors (Lipinski definition) is 3. The number of fused-ring (bicyclic) bond motifs is 1. The van der Waals surface area contributed by atoms with Crippen molar-refractivity contribution in [3.05, 3.63) is 29.1 Å². The molecular weight excluding hydrogens is 283 g/mol. The van der Waals surface area contributed by atoms with E-state index in [4.69, 9.17) is 10.5 Å². The molecule has 1 atom stereocenters. The van der Waals surface area contributed by atoms with E-state index in [0.29, 0.717) is 24.2 Å². The first-order chi connectivity index (χ1) is 10.6. The zero-order valence-electron chi connectivity index (χ0n) is 12.7. The number of benzene rings is 1. The van der Waals surface area contributed by atoms with Crippen LogP contribution in [0.25, 0.3) is 0 Å². The number of nitrogens with one attached hydrogen (secondary N) is 1. The highest BCUT2D eigenvalue weighted by Crippen LogP contribution is 2.31. The summed E-state index contributed by atoms with van der Waals surface area (Å²) in [5, 5.41) is 3.45. The molecule has 0 saturated heterocycles. The molecular formula is C17H23FN2O2. The second kappa shape index (κ2) is 6.65. The molecule has 120 valence electrons. The van der Waals surface area contributed by atoms with E-state index in [1.54, 1.807) is 0 Å². The van der Waals surface area contributed by atoms with Gasteiger partial charge in [0.05, 0.1) is 0 Å². The summed E-state index contributed by atoms with van der Waals surface area (Å²) in [5.41, 5.74) is 6.32. The summed E-state index contributed by atoms with van der Waals surface area (Å²) in [7, 11) is 0. The molecule has 3 rings (SSSR count). The molecule has 3 N–H and O–H groups in total.